The Morgan fingerprint density at radius 1 is 1.24 bits per heavy atom. The molecule has 1 heterocycles. The van der Waals surface area contributed by atoms with Crippen molar-refractivity contribution < 1.29 is 4.79 Å². The van der Waals surface area contributed by atoms with Crippen molar-refractivity contribution in [1.82, 2.24) is 14.9 Å². The summed E-state index contributed by atoms with van der Waals surface area (Å²) in [5, 5.41) is 3.46. The maximum absolute atomic E-state index is 12.5. The van der Waals surface area contributed by atoms with Crippen LogP contribution in [0.4, 0.5) is 0 Å². The van der Waals surface area contributed by atoms with Crippen LogP contribution in [0.1, 0.15) is 62.2 Å². The SMILES string of the molecule is CCCCCn1c(=O)[nH]c2cc(C(=O)NC3CCCC3)ccc2c1=O. The molecular formula is C19H25N3O3. The van der Waals surface area contributed by atoms with E-state index in [0.29, 0.717) is 23.0 Å². The van der Waals surface area contributed by atoms with Crippen molar-refractivity contribution in [3.8, 4) is 0 Å². The highest BCUT2D eigenvalue weighted by Crippen LogP contribution is 2.18. The van der Waals surface area contributed by atoms with E-state index in [1.165, 1.54) is 4.57 Å². The number of rotatable bonds is 6. The second kappa shape index (κ2) is 7.68. The fraction of sp³-hybridized carbons (Fsp3) is 0.526. The zero-order chi connectivity index (χ0) is 17.8. The number of hydrogen-bond donors (Lipinski definition) is 2. The first kappa shape index (κ1) is 17.5. The molecule has 1 fully saturated rings. The third kappa shape index (κ3) is 3.83. The van der Waals surface area contributed by atoms with Gasteiger partial charge in [-0.3, -0.25) is 14.2 Å². The molecule has 1 aliphatic rings. The third-order valence-electron chi connectivity index (χ3n) is 4.92. The van der Waals surface area contributed by atoms with Gasteiger partial charge in [-0.15, -0.1) is 0 Å². The van der Waals surface area contributed by atoms with Gasteiger partial charge < -0.3 is 10.3 Å². The van der Waals surface area contributed by atoms with E-state index in [4.69, 9.17) is 0 Å². The second-order valence-electron chi connectivity index (χ2n) is 6.81. The van der Waals surface area contributed by atoms with E-state index in [-0.39, 0.29) is 17.5 Å². The summed E-state index contributed by atoms with van der Waals surface area (Å²) >= 11 is 0. The predicted octanol–water partition coefficient (Wildman–Crippen LogP) is 2.55. The van der Waals surface area contributed by atoms with Crippen LogP contribution in [0.5, 0.6) is 0 Å². The summed E-state index contributed by atoms with van der Waals surface area (Å²) in [5.41, 5.74) is 0.179. The largest absolute Gasteiger partial charge is 0.349 e. The minimum atomic E-state index is -0.415. The van der Waals surface area contributed by atoms with Crippen LogP contribution in [0.25, 0.3) is 10.9 Å². The Morgan fingerprint density at radius 3 is 2.72 bits per heavy atom. The van der Waals surface area contributed by atoms with E-state index < -0.39 is 5.69 Å². The van der Waals surface area contributed by atoms with Gasteiger partial charge in [0.05, 0.1) is 10.9 Å². The molecule has 0 saturated heterocycles. The monoisotopic (exact) mass is 343 g/mol. The van der Waals surface area contributed by atoms with Crippen LogP contribution in [0.2, 0.25) is 0 Å². The summed E-state index contributed by atoms with van der Waals surface area (Å²) in [6.07, 6.45) is 7.12. The number of nitrogens with one attached hydrogen (secondary N) is 2. The van der Waals surface area contributed by atoms with Gasteiger partial charge in [0.15, 0.2) is 0 Å². The number of carbonyl (C=O) groups is 1. The Hall–Kier alpha value is -2.37. The Kier molecular flexibility index (Phi) is 5.36. The van der Waals surface area contributed by atoms with Crippen LogP contribution in [-0.4, -0.2) is 21.5 Å². The van der Waals surface area contributed by atoms with Crippen molar-refractivity contribution >= 4 is 16.8 Å². The molecule has 1 saturated carbocycles. The number of unbranched alkanes of at least 4 members (excludes halogenated alkanes) is 2. The van der Waals surface area contributed by atoms with E-state index in [1.807, 2.05) is 0 Å². The number of aromatic nitrogens is 2. The number of hydrogen-bond acceptors (Lipinski definition) is 3. The standard InChI is InChI=1S/C19H25N3O3/c1-2-3-6-11-22-18(24)15-10-9-13(12-16(15)21-19(22)25)17(23)20-14-7-4-5-8-14/h9-10,12,14H,2-8,11H2,1H3,(H,20,23)(H,21,25). The van der Waals surface area contributed by atoms with Gasteiger partial charge in [0.25, 0.3) is 11.5 Å². The van der Waals surface area contributed by atoms with Gasteiger partial charge in [0, 0.05) is 18.2 Å². The molecule has 1 aromatic heterocycles. The number of aromatic amines is 1. The molecule has 134 valence electrons. The normalized spacial score (nSPS) is 14.9. The highest BCUT2D eigenvalue weighted by Gasteiger charge is 2.18. The molecule has 0 atom stereocenters. The molecule has 2 N–H and O–H groups in total. The Labute approximate surface area is 146 Å². The average Bonchev–Trinajstić information content (AvgIpc) is 3.10. The molecule has 25 heavy (non-hydrogen) atoms. The molecule has 1 amide bonds. The molecule has 1 aliphatic carbocycles. The average molecular weight is 343 g/mol. The lowest BCUT2D eigenvalue weighted by Gasteiger charge is -2.12. The van der Waals surface area contributed by atoms with Gasteiger partial charge in [0.2, 0.25) is 0 Å². The lowest BCUT2D eigenvalue weighted by molar-refractivity contribution is 0.0938. The van der Waals surface area contributed by atoms with E-state index in [1.54, 1.807) is 18.2 Å². The summed E-state index contributed by atoms with van der Waals surface area (Å²) in [6.45, 7) is 2.49. The molecular weight excluding hydrogens is 318 g/mol. The van der Waals surface area contributed by atoms with E-state index in [0.717, 1.165) is 44.9 Å². The summed E-state index contributed by atoms with van der Waals surface area (Å²) in [7, 11) is 0. The quantitative estimate of drug-likeness (QED) is 0.791. The first-order valence-corrected chi connectivity index (χ1v) is 9.18. The van der Waals surface area contributed by atoms with Crippen LogP contribution in [0.15, 0.2) is 27.8 Å². The molecule has 6 nitrogen and oxygen atoms in total. The molecule has 0 aliphatic heterocycles. The van der Waals surface area contributed by atoms with Crippen molar-refractivity contribution in [2.45, 2.75) is 64.5 Å². The fourth-order valence-corrected chi connectivity index (χ4v) is 3.46. The van der Waals surface area contributed by atoms with Crippen molar-refractivity contribution in [3.05, 3.63) is 44.6 Å². The van der Waals surface area contributed by atoms with Crippen LogP contribution >= 0.6 is 0 Å². The number of benzene rings is 1. The van der Waals surface area contributed by atoms with Gasteiger partial charge in [0.1, 0.15) is 0 Å². The zero-order valence-corrected chi connectivity index (χ0v) is 14.6. The predicted molar refractivity (Wildman–Crippen MR) is 98.1 cm³/mol. The lowest BCUT2D eigenvalue weighted by atomic mass is 10.1. The highest BCUT2D eigenvalue weighted by atomic mass is 16.2. The Balaban J connectivity index is 1.87. The van der Waals surface area contributed by atoms with E-state index >= 15 is 0 Å². The summed E-state index contributed by atoms with van der Waals surface area (Å²) in [4.78, 5) is 39.9. The second-order valence-corrected chi connectivity index (χ2v) is 6.81. The number of H-pyrrole nitrogens is 1. The van der Waals surface area contributed by atoms with Crippen LogP contribution in [-0.2, 0) is 6.54 Å². The molecule has 6 heteroatoms. The van der Waals surface area contributed by atoms with Gasteiger partial charge in [-0.2, -0.15) is 0 Å². The maximum atomic E-state index is 12.5. The van der Waals surface area contributed by atoms with Crippen molar-refractivity contribution in [1.29, 1.82) is 0 Å². The molecule has 0 radical (unpaired) electrons. The minimum Gasteiger partial charge on any atom is -0.349 e. The van der Waals surface area contributed by atoms with Crippen molar-refractivity contribution in [2.24, 2.45) is 0 Å². The fourth-order valence-electron chi connectivity index (χ4n) is 3.46. The van der Waals surface area contributed by atoms with Gasteiger partial charge in [-0.1, -0.05) is 32.6 Å². The van der Waals surface area contributed by atoms with Gasteiger partial charge in [-0.05, 0) is 37.5 Å². The Morgan fingerprint density at radius 2 is 2.00 bits per heavy atom. The topological polar surface area (TPSA) is 84.0 Å². The summed E-state index contributed by atoms with van der Waals surface area (Å²) in [5.74, 6) is -0.151. The number of fused-ring (bicyclic) bond motifs is 1. The first-order chi connectivity index (χ1) is 12.1. The number of nitrogens with zero attached hydrogens (tertiary/aromatic N) is 1. The Bertz CT molecular complexity index is 876. The highest BCUT2D eigenvalue weighted by molar-refractivity contribution is 5.97. The van der Waals surface area contributed by atoms with Crippen LogP contribution in [0.3, 0.4) is 0 Å². The molecule has 0 spiro atoms. The van der Waals surface area contributed by atoms with Crippen LogP contribution < -0.4 is 16.6 Å². The van der Waals surface area contributed by atoms with Crippen LogP contribution in [0, 0.1) is 0 Å². The lowest BCUT2D eigenvalue weighted by Crippen LogP contribution is -2.35. The minimum absolute atomic E-state index is 0.151. The van der Waals surface area contributed by atoms with Gasteiger partial charge in [-0.25, -0.2) is 4.79 Å². The zero-order valence-electron chi connectivity index (χ0n) is 14.6. The number of carbonyl (C=O) groups excluding carboxylic acids is 1. The molecule has 1 aromatic carbocycles. The smallest absolute Gasteiger partial charge is 0.328 e. The molecule has 0 unspecified atom stereocenters. The molecule has 2 aromatic rings. The van der Waals surface area contributed by atoms with Crippen molar-refractivity contribution in [2.75, 3.05) is 0 Å². The summed E-state index contributed by atoms with van der Waals surface area (Å²) in [6, 6.07) is 5.11. The molecule has 0 bridgehead atoms. The molecule has 3 rings (SSSR count). The number of amides is 1. The van der Waals surface area contributed by atoms with E-state index in [2.05, 4.69) is 17.2 Å². The summed E-state index contributed by atoms with van der Waals surface area (Å²) < 4.78 is 1.25. The van der Waals surface area contributed by atoms with E-state index in [9.17, 15) is 14.4 Å². The first-order valence-electron chi connectivity index (χ1n) is 9.18. The van der Waals surface area contributed by atoms with Crippen molar-refractivity contribution in [3.63, 3.8) is 0 Å². The maximum Gasteiger partial charge on any atom is 0.328 e. The third-order valence-corrected chi connectivity index (χ3v) is 4.92. The van der Waals surface area contributed by atoms with Gasteiger partial charge >= 0.3 is 5.69 Å².